The minimum atomic E-state index is 1.13. The van der Waals surface area contributed by atoms with Crippen LogP contribution >= 0.6 is 0 Å². The second-order valence-electron chi connectivity index (χ2n) is 4.46. The topological polar surface area (TPSA) is 0 Å². The van der Waals surface area contributed by atoms with Crippen LogP contribution in [0.3, 0.4) is 0 Å². The third-order valence-electron chi connectivity index (χ3n) is 3.00. The van der Waals surface area contributed by atoms with Crippen molar-refractivity contribution < 1.29 is 0 Å². The van der Waals surface area contributed by atoms with Gasteiger partial charge in [-0.2, -0.15) is 0 Å². The molecular weight excluding hydrogens is 192 g/mol. The van der Waals surface area contributed by atoms with E-state index >= 15 is 0 Å². The summed E-state index contributed by atoms with van der Waals surface area (Å²) in [5.41, 5.74) is 5.56. The zero-order valence-corrected chi connectivity index (χ0v) is 10.0. The molecule has 0 heteroatoms. The Kier molecular flexibility index (Phi) is 3.40. The number of allylic oxidation sites excluding steroid dienone is 6. The van der Waals surface area contributed by atoms with E-state index in [4.69, 9.17) is 0 Å². The lowest BCUT2D eigenvalue weighted by atomic mass is 9.96. The van der Waals surface area contributed by atoms with Crippen molar-refractivity contribution in [3.63, 3.8) is 0 Å². The van der Waals surface area contributed by atoms with Crippen LogP contribution in [0.5, 0.6) is 0 Å². The van der Waals surface area contributed by atoms with Crippen molar-refractivity contribution in [1.82, 2.24) is 0 Å². The monoisotopic (exact) mass is 210 g/mol. The molecule has 2 rings (SSSR count). The molecule has 0 bridgehead atoms. The van der Waals surface area contributed by atoms with Crippen molar-refractivity contribution in [3.8, 4) is 0 Å². The molecule has 0 radical (unpaired) electrons. The fourth-order valence-corrected chi connectivity index (χ4v) is 1.90. The van der Waals surface area contributed by atoms with E-state index in [0.717, 1.165) is 12.8 Å². The van der Waals surface area contributed by atoms with Crippen LogP contribution in [0.2, 0.25) is 0 Å². The van der Waals surface area contributed by atoms with Gasteiger partial charge in [0.15, 0.2) is 0 Å². The first kappa shape index (κ1) is 10.9. The van der Waals surface area contributed by atoms with E-state index in [1.54, 1.807) is 0 Å². The fraction of sp³-hybridized carbons (Fsp3) is 0.250. The molecule has 1 aromatic carbocycles. The molecule has 16 heavy (non-hydrogen) atoms. The number of rotatable bonds is 1. The molecule has 0 aromatic heterocycles. The molecule has 1 aliphatic carbocycles. The van der Waals surface area contributed by atoms with Gasteiger partial charge in [-0.25, -0.2) is 0 Å². The number of benzene rings is 1. The first-order valence-corrected chi connectivity index (χ1v) is 5.86. The van der Waals surface area contributed by atoms with Gasteiger partial charge in [0, 0.05) is 0 Å². The lowest BCUT2D eigenvalue weighted by Crippen LogP contribution is -1.88. The van der Waals surface area contributed by atoms with Gasteiger partial charge in [-0.3, -0.25) is 0 Å². The zero-order valence-electron chi connectivity index (χ0n) is 10.0. The molecule has 0 spiro atoms. The van der Waals surface area contributed by atoms with Crippen molar-refractivity contribution in [3.05, 3.63) is 65.3 Å². The molecule has 0 amide bonds. The summed E-state index contributed by atoms with van der Waals surface area (Å²) in [7, 11) is 0. The summed E-state index contributed by atoms with van der Waals surface area (Å²) in [6.07, 6.45) is 11.0. The standard InChI is InChI=1S/C16H18/c1-13-5-3-4-6-15(10-7-13)16-11-8-14(2)9-12-16/h3-6,8-9,11-12H,7,10H2,1-2H3. The van der Waals surface area contributed by atoms with Crippen LogP contribution in [0.15, 0.2) is 54.1 Å². The van der Waals surface area contributed by atoms with Crippen LogP contribution in [0.25, 0.3) is 5.57 Å². The smallest absolute Gasteiger partial charge is 0.0224 e. The van der Waals surface area contributed by atoms with Gasteiger partial charge in [0.25, 0.3) is 0 Å². The molecule has 0 nitrogen and oxygen atoms in total. The van der Waals surface area contributed by atoms with Crippen molar-refractivity contribution in [2.45, 2.75) is 26.7 Å². The van der Waals surface area contributed by atoms with Crippen molar-refractivity contribution in [2.24, 2.45) is 0 Å². The highest BCUT2D eigenvalue weighted by Crippen LogP contribution is 2.24. The van der Waals surface area contributed by atoms with Crippen LogP contribution < -0.4 is 0 Å². The minimum absolute atomic E-state index is 1.13. The maximum absolute atomic E-state index is 2.23. The summed E-state index contributed by atoms with van der Waals surface area (Å²) in [6.45, 7) is 4.32. The van der Waals surface area contributed by atoms with E-state index in [9.17, 15) is 0 Å². The summed E-state index contributed by atoms with van der Waals surface area (Å²) in [5.74, 6) is 0. The van der Waals surface area contributed by atoms with Gasteiger partial charge in [-0.15, -0.1) is 0 Å². The third-order valence-corrected chi connectivity index (χ3v) is 3.00. The van der Waals surface area contributed by atoms with Gasteiger partial charge in [-0.05, 0) is 37.8 Å². The summed E-state index contributed by atoms with van der Waals surface area (Å²) in [5, 5.41) is 0. The average Bonchev–Trinajstić information content (AvgIpc) is 2.26. The molecule has 1 aliphatic rings. The Hall–Kier alpha value is -1.56. The number of hydrogen-bond acceptors (Lipinski definition) is 0. The highest BCUT2D eigenvalue weighted by Gasteiger charge is 2.02. The van der Waals surface area contributed by atoms with E-state index < -0.39 is 0 Å². The Bertz CT molecular complexity index is 441. The largest absolute Gasteiger partial charge is 0.0730 e. The number of hydrogen-bond donors (Lipinski definition) is 0. The first-order chi connectivity index (χ1) is 7.75. The van der Waals surface area contributed by atoms with Gasteiger partial charge >= 0.3 is 0 Å². The maximum atomic E-state index is 2.23. The maximum Gasteiger partial charge on any atom is -0.0224 e. The van der Waals surface area contributed by atoms with Gasteiger partial charge < -0.3 is 0 Å². The molecule has 0 unspecified atom stereocenters. The molecule has 1 aromatic rings. The lowest BCUT2D eigenvalue weighted by Gasteiger charge is -2.09. The Morgan fingerprint density at radius 1 is 0.812 bits per heavy atom. The fourth-order valence-electron chi connectivity index (χ4n) is 1.90. The zero-order chi connectivity index (χ0) is 11.4. The number of aryl methyl sites for hydroxylation is 1. The van der Waals surface area contributed by atoms with Gasteiger partial charge in [-0.1, -0.05) is 59.7 Å². The SMILES string of the molecule is CC1=CC=CC=C(c2ccc(C)cc2)CC1. The van der Waals surface area contributed by atoms with E-state index in [1.807, 2.05) is 0 Å². The van der Waals surface area contributed by atoms with E-state index in [0.29, 0.717) is 0 Å². The molecule has 0 N–H and O–H groups in total. The molecule has 0 saturated heterocycles. The van der Waals surface area contributed by atoms with Crippen molar-refractivity contribution in [2.75, 3.05) is 0 Å². The van der Waals surface area contributed by atoms with Crippen molar-refractivity contribution >= 4 is 5.57 Å². The molecule has 0 aliphatic heterocycles. The predicted molar refractivity (Wildman–Crippen MR) is 71.3 cm³/mol. The van der Waals surface area contributed by atoms with Crippen LogP contribution in [-0.4, -0.2) is 0 Å². The van der Waals surface area contributed by atoms with Gasteiger partial charge in [0.05, 0.1) is 0 Å². The van der Waals surface area contributed by atoms with Crippen LogP contribution in [0.1, 0.15) is 30.9 Å². The van der Waals surface area contributed by atoms with Crippen LogP contribution in [-0.2, 0) is 0 Å². The Labute approximate surface area is 98.0 Å². The highest BCUT2D eigenvalue weighted by atomic mass is 14.1. The minimum Gasteiger partial charge on any atom is -0.0730 e. The van der Waals surface area contributed by atoms with E-state index in [-0.39, 0.29) is 0 Å². The molecular formula is C16H18. The van der Waals surface area contributed by atoms with Gasteiger partial charge in [0.2, 0.25) is 0 Å². The molecule has 0 saturated carbocycles. The molecule has 0 atom stereocenters. The second-order valence-corrected chi connectivity index (χ2v) is 4.46. The second kappa shape index (κ2) is 4.98. The summed E-state index contributed by atoms with van der Waals surface area (Å²) in [4.78, 5) is 0. The Balaban J connectivity index is 2.25. The molecule has 82 valence electrons. The quantitative estimate of drug-likeness (QED) is 0.631. The Morgan fingerprint density at radius 3 is 2.25 bits per heavy atom. The van der Waals surface area contributed by atoms with Crippen molar-refractivity contribution in [1.29, 1.82) is 0 Å². The highest BCUT2D eigenvalue weighted by molar-refractivity contribution is 5.67. The van der Waals surface area contributed by atoms with Crippen LogP contribution in [0, 0.1) is 6.92 Å². The van der Waals surface area contributed by atoms with Crippen LogP contribution in [0.4, 0.5) is 0 Å². The predicted octanol–water partition coefficient (Wildman–Crippen LogP) is 4.67. The summed E-state index contributed by atoms with van der Waals surface area (Å²) < 4.78 is 0. The summed E-state index contributed by atoms with van der Waals surface area (Å²) in [6, 6.07) is 8.80. The van der Waals surface area contributed by atoms with E-state index in [2.05, 4.69) is 62.4 Å². The van der Waals surface area contributed by atoms with Gasteiger partial charge in [0.1, 0.15) is 0 Å². The lowest BCUT2D eigenvalue weighted by molar-refractivity contribution is 0.989. The third kappa shape index (κ3) is 2.73. The summed E-state index contributed by atoms with van der Waals surface area (Å²) >= 11 is 0. The molecule has 0 fully saturated rings. The first-order valence-electron chi connectivity index (χ1n) is 5.86. The molecule has 0 heterocycles. The average molecular weight is 210 g/mol. The van der Waals surface area contributed by atoms with E-state index in [1.165, 1.54) is 22.3 Å². The Morgan fingerprint density at radius 2 is 1.50 bits per heavy atom. The normalized spacial score (nSPS) is 16.1.